The topological polar surface area (TPSA) is 88.1 Å². The van der Waals surface area contributed by atoms with Gasteiger partial charge in [0.25, 0.3) is 6.71 Å². The monoisotopic (exact) mass is 404 g/mol. The Morgan fingerprint density at radius 1 is 1.33 bits per heavy atom. The van der Waals surface area contributed by atoms with Crippen molar-refractivity contribution in [2.45, 2.75) is 50.8 Å². The van der Waals surface area contributed by atoms with Crippen LogP contribution in [0.1, 0.15) is 41.9 Å². The standard InChI is InChI=1S/C21H22BFN6O/c23-18-3-4-19-15(6-9-30-19)17(18)11-26-21-25-10-16(20-28-27-13-29(20)21)14-2-1-7-22(12-24)8-5-14/h3-4,10,13-14H,1-2,5-9,11H2,(H,25,26). The largest absolute Gasteiger partial charge is 0.493 e. The minimum Gasteiger partial charge on any atom is -0.493 e. The first-order chi connectivity index (χ1) is 14.7. The summed E-state index contributed by atoms with van der Waals surface area (Å²) < 4.78 is 21.8. The van der Waals surface area contributed by atoms with E-state index in [9.17, 15) is 9.65 Å². The number of nitrogens with one attached hydrogen (secondary N) is 1. The lowest BCUT2D eigenvalue weighted by atomic mass is 9.46. The zero-order chi connectivity index (χ0) is 20.5. The second kappa shape index (κ2) is 7.94. The second-order valence-electron chi connectivity index (χ2n) is 8.05. The Bertz CT molecular complexity index is 1130. The highest BCUT2D eigenvalue weighted by Crippen LogP contribution is 2.34. The molecule has 1 fully saturated rings. The maximum absolute atomic E-state index is 14.4. The second-order valence-corrected chi connectivity index (χ2v) is 8.05. The van der Waals surface area contributed by atoms with Gasteiger partial charge in [-0.3, -0.25) is 4.40 Å². The Labute approximate surface area is 174 Å². The smallest absolute Gasteiger partial charge is 0.267 e. The van der Waals surface area contributed by atoms with Crippen LogP contribution in [0.4, 0.5) is 10.3 Å². The van der Waals surface area contributed by atoms with Crippen molar-refractivity contribution in [3.63, 3.8) is 0 Å². The van der Waals surface area contributed by atoms with Crippen LogP contribution in [0.5, 0.6) is 5.75 Å². The van der Waals surface area contributed by atoms with Crippen LogP contribution in [-0.2, 0) is 13.0 Å². The van der Waals surface area contributed by atoms with Gasteiger partial charge in [-0.05, 0) is 24.5 Å². The van der Waals surface area contributed by atoms with Gasteiger partial charge < -0.3 is 10.1 Å². The molecule has 1 aromatic carbocycles. The molecule has 1 N–H and O–H groups in total. The number of hydrogen-bond acceptors (Lipinski definition) is 6. The van der Waals surface area contributed by atoms with E-state index in [4.69, 9.17) is 4.74 Å². The van der Waals surface area contributed by atoms with Crippen LogP contribution in [0, 0.1) is 17.0 Å². The van der Waals surface area contributed by atoms with E-state index in [0.29, 0.717) is 37.0 Å². The van der Waals surface area contributed by atoms with Crippen molar-refractivity contribution in [1.82, 2.24) is 19.6 Å². The van der Waals surface area contributed by atoms with Gasteiger partial charge in [0, 0.05) is 41.8 Å². The fourth-order valence-electron chi connectivity index (χ4n) is 4.67. The van der Waals surface area contributed by atoms with Gasteiger partial charge in [0.05, 0.1) is 6.61 Å². The number of hydrogen-bond donors (Lipinski definition) is 1. The predicted molar refractivity (Wildman–Crippen MR) is 111 cm³/mol. The van der Waals surface area contributed by atoms with Crippen LogP contribution in [-0.4, -0.2) is 32.9 Å². The third-order valence-electron chi connectivity index (χ3n) is 6.32. The molecule has 5 rings (SSSR count). The Hall–Kier alpha value is -3.15. The number of halogens is 1. The molecule has 9 heteroatoms. The molecule has 30 heavy (non-hydrogen) atoms. The predicted octanol–water partition coefficient (Wildman–Crippen LogP) is 3.64. The van der Waals surface area contributed by atoms with Gasteiger partial charge >= 0.3 is 0 Å². The quantitative estimate of drug-likeness (QED) is 0.668. The number of fused-ring (bicyclic) bond motifs is 2. The maximum Gasteiger partial charge on any atom is 0.267 e. The maximum atomic E-state index is 14.4. The van der Waals surface area contributed by atoms with E-state index in [0.717, 1.165) is 54.4 Å². The first kappa shape index (κ1) is 18.9. The summed E-state index contributed by atoms with van der Waals surface area (Å²) in [6.45, 7) is 1.04. The summed E-state index contributed by atoms with van der Waals surface area (Å²) in [5.41, 5.74) is 3.37. The van der Waals surface area contributed by atoms with Gasteiger partial charge in [-0.15, -0.1) is 10.2 Å². The summed E-state index contributed by atoms with van der Waals surface area (Å²) in [5.74, 6) is 3.84. The lowest BCUT2D eigenvalue weighted by molar-refractivity contribution is 0.356. The average molecular weight is 404 g/mol. The molecule has 0 saturated carbocycles. The summed E-state index contributed by atoms with van der Waals surface area (Å²) in [7, 11) is 0. The fraction of sp³-hybridized carbons (Fsp3) is 0.429. The number of nitrogens with zero attached hydrogens (tertiary/aromatic N) is 5. The van der Waals surface area contributed by atoms with Crippen molar-refractivity contribution < 1.29 is 9.13 Å². The molecule has 0 spiro atoms. The molecule has 1 atom stereocenters. The fourth-order valence-corrected chi connectivity index (χ4v) is 4.67. The van der Waals surface area contributed by atoms with Gasteiger partial charge in [0.1, 0.15) is 17.9 Å². The van der Waals surface area contributed by atoms with Gasteiger partial charge in [-0.1, -0.05) is 25.5 Å². The molecule has 1 saturated heterocycles. The summed E-state index contributed by atoms with van der Waals surface area (Å²) >= 11 is 0. The Kier molecular flexibility index (Phi) is 4.99. The van der Waals surface area contributed by atoms with E-state index in [1.165, 1.54) is 6.07 Å². The molecule has 2 aliphatic heterocycles. The molecule has 2 aromatic heterocycles. The van der Waals surface area contributed by atoms with Crippen LogP contribution in [0.25, 0.3) is 5.65 Å². The summed E-state index contributed by atoms with van der Waals surface area (Å²) in [4.78, 5) is 4.62. The van der Waals surface area contributed by atoms with Crippen LogP contribution in [0.2, 0.25) is 12.6 Å². The van der Waals surface area contributed by atoms with Crippen LogP contribution in [0.3, 0.4) is 0 Å². The van der Waals surface area contributed by atoms with Gasteiger partial charge in [-0.2, -0.15) is 0 Å². The molecule has 0 aliphatic carbocycles. The van der Waals surface area contributed by atoms with Crippen LogP contribution >= 0.6 is 0 Å². The number of ether oxygens (including phenoxy) is 1. The number of nitriles is 1. The highest BCUT2D eigenvalue weighted by Gasteiger charge is 2.26. The molecule has 4 heterocycles. The van der Waals surface area contributed by atoms with Crippen molar-refractivity contribution in [2.24, 2.45) is 0 Å². The number of rotatable bonds is 4. The van der Waals surface area contributed by atoms with E-state index >= 15 is 0 Å². The molecule has 1 unspecified atom stereocenters. The first-order valence-electron chi connectivity index (χ1n) is 10.5. The Morgan fingerprint density at radius 3 is 3.17 bits per heavy atom. The van der Waals surface area contributed by atoms with E-state index in [2.05, 4.69) is 26.5 Å². The van der Waals surface area contributed by atoms with Gasteiger partial charge in [-0.25, -0.2) is 14.6 Å². The van der Waals surface area contributed by atoms with Crippen LogP contribution in [0.15, 0.2) is 24.7 Å². The number of aromatic nitrogens is 4. The molecule has 0 amide bonds. The minimum absolute atomic E-state index is 0.143. The number of benzene rings is 1. The molecular weight excluding hydrogens is 382 g/mol. The van der Waals surface area contributed by atoms with Gasteiger partial charge in [0.2, 0.25) is 5.95 Å². The highest BCUT2D eigenvalue weighted by atomic mass is 19.1. The molecule has 7 nitrogen and oxygen atoms in total. The van der Waals surface area contributed by atoms with Crippen molar-refractivity contribution in [2.75, 3.05) is 11.9 Å². The SMILES string of the molecule is N#CB1CCCC(c2cnc(NCc3c(F)ccc4c3CCO4)n3cnnc23)CC1. The van der Waals surface area contributed by atoms with E-state index in [1.807, 2.05) is 10.6 Å². The molecule has 0 radical (unpaired) electrons. The van der Waals surface area contributed by atoms with E-state index < -0.39 is 0 Å². The lowest BCUT2D eigenvalue weighted by Crippen LogP contribution is -2.11. The summed E-state index contributed by atoms with van der Waals surface area (Å²) in [6, 6.07) is 3.14. The van der Waals surface area contributed by atoms with Crippen molar-refractivity contribution >= 4 is 18.3 Å². The first-order valence-corrected chi connectivity index (χ1v) is 10.5. The third-order valence-corrected chi connectivity index (χ3v) is 6.32. The molecule has 3 aromatic rings. The van der Waals surface area contributed by atoms with Gasteiger partial charge in [0.15, 0.2) is 5.65 Å². The molecular formula is C21H22BFN6O. The Morgan fingerprint density at radius 2 is 2.27 bits per heavy atom. The zero-order valence-corrected chi connectivity index (χ0v) is 16.6. The third kappa shape index (κ3) is 3.36. The van der Waals surface area contributed by atoms with Crippen molar-refractivity contribution in [3.05, 3.63) is 47.2 Å². The zero-order valence-electron chi connectivity index (χ0n) is 16.6. The van der Waals surface area contributed by atoms with E-state index in [1.54, 1.807) is 12.4 Å². The summed E-state index contributed by atoms with van der Waals surface area (Å²) in [5, 5.41) is 20.9. The summed E-state index contributed by atoms with van der Waals surface area (Å²) in [6.07, 6.45) is 9.08. The van der Waals surface area contributed by atoms with Crippen molar-refractivity contribution in [1.29, 1.82) is 5.26 Å². The Balaban J connectivity index is 1.40. The lowest BCUT2D eigenvalue weighted by Gasteiger charge is -2.17. The molecule has 152 valence electrons. The molecule has 2 aliphatic rings. The highest BCUT2D eigenvalue weighted by molar-refractivity contribution is 6.66. The normalized spacial score (nSPS) is 18.5. The van der Waals surface area contributed by atoms with E-state index in [-0.39, 0.29) is 12.5 Å². The van der Waals surface area contributed by atoms with Crippen molar-refractivity contribution in [3.8, 4) is 11.7 Å². The average Bonchev–Trinajstić information content (AvgIpc) is 3.38. The van der Waals surface area contributed by atoms with Crippen LogP contribution < -0.4 is 10.1 Å². The minimum atomic E-state index is -0.242. The number of anilines is 1. The molecule has 0 bridgehead atoms.